The van der Waals surface area contributed by atoms with Gasteiger partial charge in [-0.15, -0.1) is 0 Å². The van der Waals surface area contributed by atoms with Gasteiger partial charge in [-0.05, 0) is 55.8 Å². The Kier molecular flexibility index (Phi) is 5.96. The smallest absolute Gasteiger partial charge is 0.253 e. The Morgan fingerprint density at radius 1 is 1.11 bits per heavy atom. The van der Waals surface area contributed by atoms with E-state index in [-0.39, 0.29) is 5.91 Å². The molecule has 3 rings (SSSR count). The summed E-state index contributed by atoms with van der Waals surface area (Å²) in [6.07, 6.45) is 0. The summed E-state index contributed by atoms with van der Waals surface area (Å²) in [6, 6.07) is 15.1. The van der Waals surface area contributed by atoms with Gasteiger partial charge >= 0.3 is 0 Å². The Hall–Kier alpha value is -2.60. The second-order valence-corrected chi connectivity index (χ2v) is 7.32. The predicted octanol–water partition coefficient (Wildman–Crippen LogP) is 4.91. The van der Waals surface area contributed by atoms with E-state index in [0.29, 0.717) is 24.5 Å². The average molecular weight is 429 g/mol. The molecule has 0 spiro atoms. The van der Waals surface area contributed by atoms with Crippen LogP contribution in [-0.2, 0) is 13.2 Å². The maximum absolute atomic E-state index is 12.6. The molecule has 1 aromatic heterocycles. The first kappa shape index (κ1) is 19.2. The Balaban J connectivity index is 1.60. The van der Waals surface area contributed by atoms with Crippen molar-refractivity contribution in [2.24, 2.45) is 0 Å². The Morgan fingerprint density at radius 3 is 2.37 bits per heavy atom. The third-order valence-corrected chi connectivity index (χ3v) is 4.87. The zero-order chi connectivity index (χ0) is 19.4. The molecule has 0 aliphatic carbocycles. The largest absolute Gasteiger partial charge is 0.489 e. The van der Waals surface area contributed by atoms with Crippen molar-refractivity contribution in [3.63, 3.8) is 0 Å². The topological polar surface area (TPSA) is 55.6 Å². The first-order chi connectivity index (χ1) is 12.9. The summed E-state index contributed by atoms with van der Waals surface area (Å²) < 4.78 is 11.9. The normalized spacial score (nSPS) is 10.7. The summed E-state index contributed by atoms with van der Waals surface area (Å²) in [7, 11) is 1.80. The molecule has 0 aliphatic heterocycles. The number of benzene rings is 2. The van der Waals surface area contributed by atoms with E-state index in [4.69, 9.17) is 9.26 Å². The summed E-state index contributed by atoms with van der Waals surface area (Å²) in [4.78, 5) is 14.3. The number of aromatic nitrogens is 1. The van der Waals surface area contributed by atoms with Gasteiger partial charge in [0.25, 0.3) is 5.91 Å². The molecule has 140 valence electrons. The number of rotatable bonds is 6. The Labute approximate surface area is 167 Å². The van der Waals surface area contributed by atoms with Gasteiger partial charge < -0.3 is 14.2 Å². The van der Waals surface area contributed by atoms with Crippen molar-refractivity contribution in [2.45, 2.75) is 27.0 Å². The van der Waals surface area contributed by atoms with E-state index in [9.17, 15) is 4.79 Å². The highest BCUT2D eigenvalue weighted by Crippen LogP contribution is 2.19. The summed E-state index contributed by atoms with van der Waals surface area (Å²) in [5.41, 5.74) is 3.48. The lowest BCUT2D eigenvalue weighted by Crippen LogP contribution is -2.26. The van der Waals surface area contributed by atoms with E-state index < -0.39 is 0 Å². The predicted molar refractivity (Wildman–Crippen MR) is 107 cm³/mol. The van der Waals surface area contributed by atoms with E-state index in [1.807, 2.05) is 38.1 Å². The molecule has 6 heteroatoms. The van der Waals surface area contributed by atoms with Crippen LogP contribution in [0.3, 0.4) is 0 Å². The number of ether oxygens (including phenoxy) is 1. The van der Waals surface area contributed by atoms with E-state index in [2.05, 4.69) is 21.1 Å². The van der Waals surface area contributed by atoms with Crippen molar-refractivity contribution in [1.82, 2.24) is 10.1 Å². The summed E-state index contributed by atoms with van der Waals surface area (Å²) in [6.45, 7) is 4.69. The minimum atomic E-state index is -0.0322. The first-order valence-electron chi connectivity index (χ1n) is 8.58. The van der Waals surface area contributed by atoms with E-state index in [1.54, 1.807) is 36.2 Å². The van der Waals surface area contributed by atoms with Crippen molar-refractivity contribution in [3.8, 4) is 5.75 Å². The summed E-state index contributed by atoms with van der Waals surface area (Å²) in [5.74, 6) is 1.42. The summed E-state index contributed by atoms with van der Waals surface area (Å²) >= 11 is 3.42. The number of amides is 1. The highest BCUT2D eigenvalue weighted by Gasteiger charge is 2.13. The molecule has 0 N–H and O–H groups in total. The van der Waals surface area contributed by atoms with Crippen LogP contribution in [0.25, 0.3) is 0 Å². The number of hydrogen-bond acceptors (Lipinski definition) is 4. The van der Waals surface area contributed by atoms with Crippen LogP contribution in [0.4, 0.5) is 0 Å². The number of halogens is 1. The second kappa shape index (κ2) is 8.39. The summed E-state index contributed by atoms with van der Waals surface area (Å²) in [5, 5.41) is 3.92. The van der Waals surface area contributed by atoms with Gasteiger partial charge in [0.2, 0.25) is 0 Å². The Morgan fingerprint density at radius 2 is 1.78 bits per heavy atom. The van der Waals surface area contributed by atoms with Crippen LogP contribution in [-0.4, -0.2) is 23.0 Å². The SMILES string of the molecule is Cc1noc(C)c1COc1ccc(C(=O)N(C)Cc2ccc(Br)cc2)cc1. The maximum atomic E-state index is 12.6. The van der Waals surface area contributed by atoms with Crippen LogP contribution in [0.5, 0.6) is 5.75 Å². The number of carbonyl (C=O) groups is 1. The Bertz CT molecular complexity index is 898. The van der Waals surface area contributed by atoms with Gasteiger partial charge in [-0.3, -0.25) is 4.79 Å². The lowest BCUT2D eigenvalue weighted by atomic mass is 10.1. The molecule has 3 aromatic rings. The highest BCUT2D eigenvalue weighted by atomic mass is 79.9. The van der Waals surface area contributed by atoms with Crippen molar-refractivity contribution in [2.75, 3.05) is 7.05 Å². The number of nitrogens with zero attached hydrogens (tertiary/aromatic N) is 2. The molecular weight excluding hydrogens is 408 g/mol. The van der Waals surface area contributed by atoms with Crippen LogP contribution in [0, 0.1) is 13.8 Å². The van der Waals surface area contributed by atoms with Crippen molar-refractivity contribution in [3.05, 3.63) is 81.1 Å². The van der Waals surface area contributed by atoms with Gasteiger partial charge in [-0.1, -0.05) is 33.2 Å². The van der Waals surface area contributed by atoms with Gasteiger partial charge in [-0.2, -0.15) is 0 Å². The molecule has 0 saturated heterocycles. The highest BCUT2D eigenvalue weighted by molar-refractivity contribution is 9.10. The fourth-order valence-electron chi connectivity index (χ4n) is 2.71. The molecule has 1 amide bonds. The van der Waals surface area contributed by atoms with Crippen LogP contribution in [0.15, 0.2) is 57.5 Å². The first-order valence-corrected chi connectivity index (χ1v) is 9.38. The zero-order valence-corrected chi connectivity index (χ0v) is 17.1. The molecule has 0 bridgehead atoms. The molecule has 5 nitrogen and oxygen atoms in total. The van der Waals surface area contributed by atoms with Crippen LogP contribution in [0.2, 0.25) is 0 Å². The molecule has 27 heavy (non-hydrogen) atoms. The van der Waals surface area contributed by atoms with Crippen molar-refractivity contribution < 1.29 is 14.1 Å². The fourth-order valence-corrected chi connectivity index (χ4v) is 2.98. The molecular formula is C21H21BrN2O3. The fraction of sp³-hybridized carbons (Fsp3) is 0.238. The van der Waals surface area contributed by atoms with Gasteiger partial charge in [-0.25, -0.2) is 0 Å². The van der Waals surface area contributed by atoms with Crippen LogP contribution in [0.1, 0.15) is 32.9 Å². The molecule has 2 aromatic carbocycles. The second-order valence-electron chi connectivity index (χ2n) is 6.40. The van der Waals surface area contributed by atoms with Gasteiger partial charge in [0.05, 0.1) is 11.3 Å². The van der Waals surface area contributed by atoms with Crippen molar-refractivity contribution in [1.29, 1.82) is 0 Å². The van der Waals surface area contributed by atoms with E-state index >= 15 is 0 Å². The van der Waals surface area contributed by atoms with Gasteiger partial charge in [0, 0.05) is 23.6 Å². The minimum absolute atomic E-state index is 0.0322. The van der Waals surface area contributed by atoms with Crippen LogP contribution >= 0.6 is 15.9 Å². The lowest BCUT2D eigenvalue weighted by Gasteiger charge is -2.17. The lowest BCUT2D eigenvalue weighted by molar-refractivity contribution is 0.0785. The molecule has 0 fully saturated rings. The van der Waals surface area contributed by atoms with E-state index in [0.717, 1.165) is 27.1 Å². The monoisotopic (exact) mass is 428 g/mol. The quantitative estimate of drug-likeness (QED) is 0.559. The number of hydrogen-bond donors (Lipinski definition) is 0. The number of aryl methyl sites for hydroxylation is 2. The molecule has 0 unspecified atom stereocenters. The average Bonchev–Trinajstić information content (AvgIpc) is 2.99. The molecule has 0 saturated carbocycles. The molecule has 0 atom stereocenters. The molecule has 0 radical (unpaired) electrons. The van der Waals surface area contributed by atoms with Crippen molar-refractivity contribution >= 4 is 21.8 Å². The minimum Gasteiger partial charge on any atom is -0.489 e. The third kappa shape index (κ3) is 4.77. The number of carbonyl (C=O) groups excluding carboxylic acids is 1. The van der Waals surface area contributed by atoms with Crippen LogP contribution < -0.4 is 4.74 Å². The maximum Gasteiger partial charge on any atom is 0.253 e. The van der Waals surface area contributed by atoms with Gasteiger partial charge in [0.15, 0.2) is 0 Å². The van der Waals surface area contributed by atoms with E-state index in [1.165, 1.54) is 0 Å². The molecule has 0 aliphatic rings. The standard InChI is InChI=1S/C21H21BrN2O3/c1-14-20(15(2)27-23-14)13-26-19-10-6-17(7-11-19)21(25)24(3)12-16-4-8-18(22)9-5-16/h4-11H,12-13H2,1-3H3. The zero-order valence-electron chi connectivity index (χ0n) is 15.5. The third-order valence-electron chi connectivity index (χ3n) is 4.35. The van der Waals surface area contributed by atoms with Gasteiger partial charge in [0.1, 0.15) is 18.1 Å². The molecule has 1 heterocycles.